The van der Waals surface area contributed by atoms with Crippen LogP contribution in [0, 0.1) is 0 Å². The number of carbonyl (C=O) groups excluding carboxylic acids is 1. The number of alkyl halides is 2. The number of ketones is 1. The van der Waals surface area contributed by atoms with Crippen LogP contribution in [0.1, 0.15) is 6.92 Å². The Labute approximate surface area is 107 Å². The largest absolute Gasteiger partial charge is 0.609 e. The lowest BCUT2D eigenvalue weighted by molar-refractivity contribution is -0.116. The van der Waals surface area contributed by atoms with Gasteiger partial charge in [-0.15, -0.1) is 0 Å². The molecule has 0 N–H and O–H groups in total. The summed E-state index contributed by atoms with van der Waals surface area (Å²) in [5.74, 6) is 0.0725. The van der Waals surface area contributed by atoms with Gasteiger partial charge in [0.2, 0.25) is 5.78 Å². The molecule has 0 radical (unpaired) electrons. The van der Waals surface area contributed by atoms with Gasteiger partial charge >= 0.3 is 3.67 Å². The van der Waals surface area contributed by atoms with Crippen molar-refractivity contribution in [3.8, 4) is 5.75 Å². The SMILES string of the molecule is COc1ccc([S+]([O-])[13C](Cl)(Cl)[13C](C)=O)cc1. The molecule has 3 nitrogen and oxygen atoms in total. The Bertz CT molecular complexity index is 378. The topological polar surface area (TPSA) is 49.4 Å². The van der Waals surface area contributed by atoms with E-state index in [0.29, 0.717) is 10.6 Å². The maximum atomic E-state index is 11.9. The van der Waals surface area contributed by atoms with Crippen molar-refractivity contribution >= 4 is 40.2 Å². The standard InChI is InChI=1S/C10H10Cl2O3S/c1-7(13)10(11,12)16(14)9-5-3-8(15-2)4-6-9/h3-6H,1-2H3/i7+1,10+1. The zero-order chi connectivity index (χ0) is 12.3. The molecular weight excluding hydrogens is 273 g/mol. The monoisotopic (exact) mass is 282 g/mol. The molecule has 88 valence electrons. The molecule has 0 aliphatic rings. The molecule has 0 aliphatic carbocycles. The van der Waals surface area contributed by atoms with Gasteiger partial charge in [-0.05, 0) is 47.5 Å². The number of hydrogen-bond donors (Lipinski definition) is 0. The van der Waals surface area contributed by atoms with E-state index in [1.165, 1.54) is 14.0 Å². The van der Waals surface area contributed by atoms with Gasteiger partial charge in [-0.3, -0.25) is 4.79 Å². The van der Waals surface area contributed by atoms with E-state index in [9.17, 15) is 9.35 Å². The summed E-state index contributed by atoms with van der Waals surface area (Å²) in [4.78, 5) is 11.5. The quantitative estimate of drug-likeness (QED) is 0.484. The van der Waals surface area contributed by atoms with Gasteiger partial charge in [-0.1, -0.05) is 0 Å². The van der Waals surface area contributed by atoms with Gasteiger partial charge in [0, 0.05) is 18.1 Å². The molecule has 1 rings (SSSR count). The summed E-state index contributed by atoms with van der Waals surface area (Å²) in [5, 5.41) is 0. The van der Waals surface area contributed by atoms with Gasteiger partial charge in [-0.2, -0.15) is 0 Å². The van der Waals surface area contributed by atoms with Gasteiger partial charge in [0.25, 0.3) is 0 Å². The van der Waals surface area contributed by atoms with E-state index in [-0.39, 0.29) is 0 Å². The molecule has 16 heavy (non-hydrogen) atoms. The molecule has 0 saturated heterocycles. The van der Waals surface area contributed by atoms with Gasteiger partial charge in [0.15, 0.2) is 4.90 Å². The van der Waals surface area contributed by atoms with Crippen molar-refractivity contribution in [3.05, 3.63) is 24.3 Å². The Morgan fingerprint density at radius 1 is 1.38 bits per heavy atom. The van der Waals surface area contributed by atoms with Crippen molar-refractivity contribution in [3.63, 3.8) is 0 Å². The fraction of sp³-hybridized carbons (Fsp3) is 0.300. The lowest BCUT2D eigenvalue weighted by atomic mass is 10.3. The summed E-state index contributed by atoms with van der Waals surface area (Å²) in [7, 11) is 1.52. The van der Waals surface area contributed by atoms with Crippen LogP contribution in [-0.2, 0) is 16.0 Å². The number of rotatable bonds is 4. The van der Waals surface area contributed by atoms with Crippen LogP contribution < -0.4 is 4.74 Å². The summed E-state index contributed by atoms with van der Waals surface area (Å²) in [6.45, 7) is 1.20. The van der Waals surface area contributed by atoms with E-state index in [0.717, 1.165) is 0 Å². The number of carbonyl (C=O) groups is 1. The summed E-state index contributed by atoms with van der Waals surface area (Å²) in [6.07, 6.45) is 0. The second-order valence-electron chi connectivity index (χ2n) is 3.02. The average molecular weight is 283 g/mol. The first kappa shape index (κ1) is 13.6. The van der Waals surface area contributed by atoms with Crippen molar-refractivity contribution in [2.45, 2.75) is 15.5 Å². The molecule has 0 aliphatic heterocycles. The highest BCUT2D eigenvalue weighted by Gasteiger charge is 2.44. The number of halogens is 2. The van der Waals surface area contributed by atoms with Gasteiger partial charge in [0.1, 0.15) is 5.75 Å². The maximum absolute atomic E-state index is 11.9. The van der Waals surface area contributed by atoms with Gasteiger partial charge in [-0.25, -0.2) is 0 Å². The lowest BCUT2D eigenvalue weighted by Crippen LogP contribution is -2.33. The molecule has 0 fully saturated rings. The van der Waals surface area contributed by atoms with Crippen LogP contribution in [0.2, 0.25) is 0 Å². The molecule has 6 heteroatoms. The number of hydrogen-bond acceptors (Lipinski definition) is 3. The minimum absolute atomic E-state index is 0.376. The number of benzene rings is 1. The molecule has 1 unspecified atom stereocenters. The fourth-order valence-electron chi connectivity index (χ4n) is 0.978. The average Bonchev–Trinajstić information content (AvgIpc) is 2.28. The number of ether oxygens (including phenoxy) is 1. The predicted molar refractivity (Wildman–Crippen MR) is 64.5 cm³/mol. The molecule has 0 bridgehead atoms. The van der Waals surface area contributed by atoms with Crippen LogP contribution in [-0.4, -0.2) is 21.1 Å². The van der Waals surface area contributed by atoms with E-state index in [2.05, 4.69) is 0 Å². The van der Waals surface area contributed by atoms with Gasteiger partial charge in [0.05, 0.1) is 7.11 Å². The number of methoxy groups -OCH3 is 1. The molecule has 0 heterocycles. The Balaban J connectivity index is 2.96. The molecule has 1 atom stereocenters. The van der Waals surface area contributed by atoms with Crippen molar-refractivity contribution < 1.29 is 14.1 Å². The van der Waals surface area contributed by atoms with E-state index in [1.54, 1.807) is 24.3 Å². The summed E-state index contributed by atoms with van der Waals surface area (Å²) in [5.41, 5.74) is 0. The van der Waals surface area contributed by atoms with Crippen molar-refractivity contribution in [2.24, 2.45) is 0 Å². The van der Waals surface area contributed by atoms with E-state index < -0.39 is 20.6 Å². The van der Waals surface area contributed by atoms with Crippen LogP contribution in [0.25, 0.3) is 0 Å². The van der Waals surface area contributed by atoms with Crippen LogP contribution in [0.3, 0.4) is 0 Å². The number of Topliss-reactive ketones (excluding diaryl/α,β-unsaturated/α-hetero) is 1. The van der Waals surface area contributed by atoms with Crippen molar-refractivity contribution in [1.29, 1.82) is 0 Å². The smallest absolute Gasteiger partial charge is 0.336 e. The van der Waals surface area contributed by atoms with E-state index >= 15 is 0 Å². The minimum atomic E-state index is -1.91. The lowest BCUT2D eigenvalue weighted by Gasteiger charge is -2.20. The Hall–Kier alpha value is -0.420. The third-order valence-corrected chi connectivity index (χ3v) is 4.74. The zero-order valence-corrected chi connectivity index (χ0v) is 11.0. The first-order valence-electron chi connectivity index (χ1n) is 4.34. The Morgan fingerprint density at radius 2 is 1.88 bits per heavy atom. The van der Waals surface area contributed by atoms with Gasteiger partial charge < -0.3 is 9.29 Å². The second kappa shape index (κ2) is 5.27. The van der Waals surface area contributed by atoms with Crippen LogP contribution in [0.4, 0.5) is 0 Å². The summed E-state index contributed by atoms with van der Waals surface area (Å²) < 4.78 is 14.9. The third kappa shape index (κ3) is 2.83. The molecule has 0 aromatic heterocycles. The first-order valence-corrected chi connectivity index (χ1v) is 6.25. The Morgan fingerprint density at radius 3 is 2.25 bits per heavy atom. The molecule has 0 spiro atoms. The minimum Gasteiger partial charge on any atom is -0.609 e. The Kier molecular flexibility index (Phi) is 4.50. The second-order valence-corrected chi connectivity index (χ2v) is 6.41. The molecule has 0 saturated carbocycles. The normalized spacial score (nSPS) is 13.3. The van der Waals surface area contributed by atoms with Crippen LogP contribution in [0.5, 0.6) is 5.75 Å². The fourth-order valence-corrected chi connectivity index (χ4v) is 2.45. The molecule has 1 aromatic carbocycles. The molecular formula is C10H10Cl2O3S. The highest BCUT2D eigenvalue weighted by molar-refractivity contribution is 7.96. The third-order valence-electron chi connectivity index (χ3n) is 1.92. The zero-order valence-electron chi connectivity index (χ0n) is 8.70. The van der Waals surface area contributed by atoms with Crippen LogP contribution in [0.15, 0.2) is 29.2 Å². The molecule has 0 amide bonds. The predicted octanol–water partition coefficient (Wildman–Crippen LogP) is 2.52. The van der Waals surface area contributed by atoms with E-state index in [1.807, 2.05) is 0 Å². The summed E-state index contributed by atoms with van der Waals surface area (Å²) >= 11 is 9.62. The van der Waals surface area contributed by atoms with Crippen molar-refractivity contribution in [2.75, 3.05) is 7.11 Å². The summed E-state index contributed by atoms with van der Waals surface area (Å²) in [6, 6.07) is 6.35. The van der Waals surface area contributed by atoms with E-state index in [4.69, 9.17) is 27.9 Å². The van der Waals surface area contributed by atoms with Crippen molar-refractivity contribution in [1.82, 2.24) is 0 Å². The molecule has 1 aromatic rings. The highest BCUT2D eigenvalue weighted by Crippen LogP contribution is 2.35. The van der Waals surface area contributed by atoms with Crippen LogP contribution >= 0.6 is 23.2 Å². The first-order chi connectivity index (χ1) is 7.39. The highest BCUT2D eigenvalue weighted by atomic mass is 35.5. The maximum Gasteiger partial charge on any atom is 0.336 e.